The summed E-state index contributed by atoms with van der Waals surface area (Å²) in [6.45, 7) is 5.94. The van der Waals surface area contributed by atoms with Gasteiger partial charge in [-0.05, 0) is 44.6 Å². The van der Waals surface area contributed by atoms with Crippen LogP contribution in [0.5, 0.6) is 0 Å². The van der Waals surface area contributed by atoms with Gasteiger partial charge in [0.05, 0.1) is 11.5 Å². The van der Waals surface area contributed by atoms with Gasteiger partial charge in [0, 0.05) is 13.1 Å². The van der Waals surface area contributed by atoms with Crippen LogP contribution in [-0.2, 0) is 9.59 Å². The minimum absolute atomic E-state index is 0.0935. The average molecular weight is 282 g/mol. The topological polar surface area (TPSA) is 69.6 Å². The molecular weight excluding hydrogens is 256 g/mol. The Morgan fingerprint density at radius 1 is 1.40 bits per heavy atom. The number of aliphatic carboxylic acids is 1. The first-order chi connectivity index (χ1) is 9.50. The van der Waals surface area contributed by atoms with E-state index in [0.717, 1.165) is 25.8 Å². The van der Waals surface area contributed by atoms with Crippen molar-refractivity contribution in [1.29, 1.82) is 0 Å². The van der Waals surface area contributed by atoms with Crippen molar-refractivity contribution >= 4 is 11.9 Å². The number of piperidine rings is 2. The number of carbonyl (C=O) groups excluding carboxylic acids is 1. The Hall–Kier alpha value is -1.10. The lowest BCUT2D eigenvalue weighted by molar-refractivity contribution is -0.156. The molecule has 0 spiro atoms. The van der Waals surface area contributed by atoms with Gasteiger partial charge < -0.3 is 15.3 Å². The molecular formula is C15H26N2O3. The van der Waals surface area contributed by atoms with E-state index in [1.807, 2.05) is 6.92 Å². The monoisotopic (exact) mass is 282 g/mol. The summed E-state index contributed by atoms with van der Waals surface area (Å²) < 4.78 is 0. The molecule has 5 nitrogen and oxygen atoms in total. The highest BCUT2D eigenvalue weighted by Gasteiger charge is 2.43. The van der Waals surface area contributed by atoms with Crippen molar-refractivity contribution in [3.63, 3.8) is 0 Å². The summed E-state index contributed by atoms with van der Waals surface area (Å²) in [5.41, 5.74) is -0.744. The number of amides is 1. The second kappa shape index (κ2) is 6.12. The number of carboxylic acids is 1. The molecule has 2 aliphatic rings. The molecule has 3 unspecified atom stereocenters. The number of hydrogen-bond donors (Lipinski definition) is 2. The van der Waals surface area contributed by atoms with Crippen molar-refractivity contribution in [1.82, 2.24) is 10.2 Å². The zero-order valence-electron chi connectivity index (χ0n) is 12.5. The number of carboxylic acid groups (broad SMARTS) is 1. The first kappa shape index (κ1) is 15.3. The Bertz CT molecular complexity index is 385. The summed E-state index contributed by atoms with van der Waals surface area (Å²) in [7, 11) is 0. The van der Waals surface area contributed by atoms with E-state index in [-0.39, 0.29) is 11.9 Å². The van der Waals surface area contributed by atoms with Crippen molar-refractivity contribution in [2.45, 2.75) is 52.0 Å². The highest BCUT2D eigenvalue weighted by Crippen LogP contribution is 2.34. The van der Waals surface area contributed by atoms with E-state index >= 15 is 0 Å². The third kappa shape index (κ3) is 2.82. The molecule has 2 N–H and O–H groups in total. The van der Waals surface area contributed by atoms with Gasteiger partial charge in [0.2, 0.25) is 5.91 Å². The lowest BCUT2D eigenvalue weighted by Gasteiger charge is -2.42. The number of nitrogens with zero attached hydrogens (tertiary/aromatic N) is 1. The zero-order valence-corrected chi connectivity index (χ0v) is 12.5. The largest absolute Gasteiger partial charge is 0.481 e. The Balaban J connectivity index is 2.08. The molecule has 0 aromatic rings. The summed E-state index contributed by atoms with van der Waals surface area (Å²) in [5, 5.41) is 12.8. The van der Waals surface area contributed by atoms with Crippen LogP contribution in [0.25, 0.3) is 0 Å². The molecule has 2 aliphatic heterocycles. The zero-order chi connectivity index (χ0) is 14.8. The van der Waals surface area contributed by atoms with Crippen LogP contribution in [0, 0.1) is 11.3 Å². The van der Waals surface area contributed by atoms with Gasteiger partial charge in [0.25, 0.3) is 0 Å². The average Bonchev–Trinajstić information content (AvgIpc) is 2.47. The van der Waals surface area contributed by atoms with E-state index in [1.54, 1.807) is 4.90 Å². The molecule has 114 valence electrons. The first-order valence-electron chi connectivity index (χ1n) is 7.76. The molecule has 0 aromatic carbocycles. The van der Waals surface area contributed by atoms with Crippen molar-refractivity contribution < 1.29 is 14.7 Å². The van der Waals surface area contributed by atoms with E-state index in [9.17, 15) is 14.7 Å². The molecule has 3 atom stereocenters. The van der Waals surface area contributed by atoms with Crippen LogP contribution < -0.4 is 5.32 Å². The predicted octanol–water partition coefficient (Wildman–Crippen LogP) is 1.48. The molecule has 0 saturated carbocycles. The van der Waals surface area contributed by atoms with E-state index in [4.69, 9.17) is 0 Å². The van der Waals surface area contributed by atoms with Crippen LogP contribution in [0.1, 0.15) is 46.0 Å². The molecule has 1 amide bonds. The van der Waals surface area contributed by atoms with Gasteiger partial charge >= 0.3 is 5.97 Å². The summed E-state index contributed by atoms with van der Waals surface area (Å²) >= 11 is 0. The quantitative estimate of drug-likeness (QED) is 0.822. The molecule has 20 heavy (non-hydrogen) atoms. The molecule has 2 fully saturated rings. The Morgan fingerprint density at radius 2 is 2.15 bits per heavy atom. The first-order valence-corrected chi connectivity index (χ1v) is 7.76. The summed E-state index contributed by atoms with van der Waals surface area (Å²) in [4.78, 5) is 26.0. The van der Waals surface area contributed by atoms with Crippen LogP contribution >= 0.6 is 0 Å². The van der Waals surface area contributed by atoms with Crippen LogP contribution in [0.3, 0.4) is 0 Å². The van der Waals surface area contributed by atoms with Gasteiger partial charge in [-0.15, -0.1) is 0 Å². The number of likely N-dealkylation sites (tertiary alicyclic amines) is 1. The van der Waals surface area contributed by atoms with Crippen molar-refractivity contribution in [2.75, 3.05) is 19.6 Å². The van der Waals surface area contributed by atoms with Gasteiger partial charge in [0.15, 0.2) is 0 Å². The molecule has 0 bridgehead atoms. The maximum Gasteiger partial charge on any atom is 0.311 e. The second-order valence-electron chi connectivity index (χ2n) is 6.35. The standard InChI is InChI=1S/C15H26N2O3/c1-3-15(14(19)20)7-5-9-17(10-15)13(18)12-11(2)6-4-8-16-12/h11-12,16H,3-10H2,1-2H3,(H,19,20). The molecule has 2 rings (SSSR count). The number of carbonyl (C=O) groups is 2. The second-order valence-corrected chi connectivity index (χ2v) is 6.35. The molecule has 2 heterocycles. The Labute approximate surface area is 120 Å². The van der Waals surface area contributed by atoms with Gasteiger partial charge in [-0.2, -0.15) is 0 Å². The third-order valence-corrected chi connectivity index (χ3v) is 5.05. The smallest absolute Gasteiger partial charge is 0.311 e. The van der Waals surface area contributed by atoms with Gasteiger partial charge in [0.1, 0.15) is 0 Å². The molecule has 0 aromatic heterocycles. The fourth-order valence-electron chi connectivity index (χ4n) is 3.51. The minimum Gasteiger partial charge on any atom is -0.481 e. The summed E-state index contributed by atoms with van der Waals surface area (Å²) in [5.74, 6) is -0.336. The fourth-order valence-corrected chi connectivity index (χ4v) is 3.51. The SMILES string of the molecule is CCC1(C(=O)O)CCCN(C(=O)C2NCCCC2C)C1. The van der Waals surface area contributed by atoms with Gasteiger partial charge in [-0.3, -0.25) is 9.59 Å². The van der Waals surface area contributed by atoms with E-state index in [1.165, 1.54) is 0 Å². The van der Waals surface area contributed by atoms with E-state index < -0.39 is 11.4 Å². The third-order valence-electron chi connectivity index (χ3n) is 5.05. The van der Waals surface area contributed by atoms with Crippen molar-refractivity contribution in [3.05, 3.63) is 0 Å². The minimum atomic E-state index is -0.762. The van der Waals surface area contributed by atoms with E-state index in [0.29, 0.717) is 31.8 Å². The normalized spacial score (nSPS) is 34.8. The molecule has 2 saturated heterocycles. The van der Waals surface area contributed by atoms with Crippen LogP contribution in [0.2, 0.25) is 0 Å². The Kier molecular flexibility index (Phi) is 4.68. The highest BCUT2D eigenvalue weighted by atomic mass is 16.4. The molecule has 0 aliphatic carbocycles. The maximum atomic E-state index is 12.7. The van der Waals surface area contributed by atoms with E-state index in [2.05, 4.69) is 12.2 Å². The number of hydrogen-bond acceptors (Lipinski definition) is 3. The van der Waals surface area contributed by atoms with Crippen molar-refractivity contribution in [2.24, 2.45) is 11.3 Å². The van der Waals surface area contributed by atoms with Crippen LogP contribution in [-0.4, -0.2) is 47.6 Å². The highest BCUT2D eigenvalue weighted by molar-refractivity contribution is 5.84. The lowest BCUT2D eigenvalue weighted by atomic mass is 9.77. The maximum absolute atomic E-state index is 12.7. The van der Waals surface area contributed by atoms with Gasteiger partial charge in [-0.25, -0.2) is 0 Å². The van der Waals surface area contributed by atoms with Crippen molar-refractivity contribution in [3.8, 4) is 0 Å². The molecule has 5 heteroatoms. The summed E-state index contributed by atoms with van der Waals surface area (Å²) in [6.07, 6.45) is 4.22. The number of nitrogens with one attached hydrogen (secondary N) is 1. The fraction of sp³-hybridized carbons (Fsp3) is 0.867. The van der Waals surface area contributed by atoms with Crippen LogP contribution in [0.15, 0.2) is 0 Å². The predicted molar refractivity (Wildman–Crippen MR) is 76.4 cm³/mol. The molecule has 0 radical (unpaired) electrons. The summed E-state index contributed by atoms with van der Waals surface area (Å²) in [6, 6.07) is -0.134. The lowest BCUT2D eigenvalue weighted by Crippen LogP contribution is -2.57. The van der Waals surface area contributed by atoms with Crippen LogP contribution in [0.4, 0.5) is 0 Å². The Morgan fingerprint density at radius 3 is 2.75 bits per heavy atom. The van der Waals surface area contributed by atoms with Gasteiger partial charge in [-0.1, -0.05) is 13.8 Å². The number of rotatable bonds is 3.